The van der Waals surface area contributed by atoms with Gasteiger partial charge >= 0.3 is 0 Å². The maximum Gasteiger partial charge on any atom is 0.237 e. The third-order valence-corrected chi connectivity index (χ3v) is 5.03. The minimum absolute atomic E-state index is 0.178. The second-order valence-electron chi connectivity index (χ2n) is 5.69. The zero-order valence-electron chi connectivity index (χ0n) is 9.79. The first-order valence-electron chi connectivity index (χ1n) is 6.23. The van der Waals surface area contributed by atoms with Crippen molar-refractivity contribution in [2.75, 3.05) is 7.11 Å². The highest BCUT2D eigenvalue weighted by Crippen LogP contribution is 2.58. The first-order valence-corrected chi connectivity index (χ1v) is 6.23. The number of carbonyl (C=O) groups excluding carboxylic acids is 1. The molecule has 3 N–H and O–H groups in total. The Hall–Kier alpha value is -0.610. The molecule has 16 heavy (non-hydrogen) atoms. The van der Waals surface area contributed by atoms with Crippen molar-refractivity contribution in [1.29, 1.82) is 0 Å². The van der Waals surface area contributed by atoms with E-state index in [1.54, 1.807) is 7.11 Å². The standard InChI is InChI=1S/C12H20N2O2/c1-16-9-7-8(11(9)3-2-4-11)14-12(5-6-12)10(13)15/h8-9,14H,2-7H2,1H3,(H2,13,15). The molecule has 0 radical (unpaired) electrons. The van der Waals surface area contributed by atoms with Crippen LogP contribution >= 0.6 is 0 Å². The van der Waals surface area contributed by atoms with Gasteiger partial charge in [-0.2, -0.15) is 0 Å². The fourth-order valence-corrected chi connectivity index (χ4v) is 3.46. The minimum atomic E-state index is -0.369. The van der Waals surface area contributed by atoms with Crippen LogP contribution in [0.15, 0.2) is 0 Å². The molecule has 0 saturated heterocycles. The van der Waals surface area contributed by atoms with E-state index in [-0.39, 0.29) is 11.4 Å². The maximum absolute atomic E-state index is 11.4. The molecule has 3 fully saturated rings. The van der Waals surface area contributed by atoms with Crippen LogP contribution in [0.25, 0.3) is 0 Å². The van der Waals surface area contributed by atoms with Crippen LogP contribution in [0.2, 0.25) is 0 Å². The van der Waals surface area contributed by atoms with E-state index in [0.29, 0.717) is 17.6 Å². The number of nitrogens with two attached hydrogens (primary N) is 1. The molecule has 0 aromatic carbocycles. The van der Waals surface area contributed by atoms with Gasteiger partial charge in [-0.3, -0.25) is 10.1 Å². The van der Waals surface area contributed by atoms with Crippen molar-refractivity contribution in [1.82, 2.24) is 5.32 Å². The van der Waals surface area contributed by atoms with Crippen LogP contribution in [0.3, 0.4) is 0 Å². The Morgan fingerprint density at radius 3 is 2.44 bits per heavy atom. The Labute approximate surface area is 95.9 Å². The number of ether oxygens (including phenoxy) is 1. The number of primary amides is 1. The first kappa shape index (κ1) is 10.5. The predicted molar refractivity (Wildman–Crippen MR) is 59.8 cm³/mol. The van der Waals surface area contributed by atoms with Gasteiger partial charge in [0, 0.05) is 18.6 Å². The van der Waals surface area contributed by atoms with Gasteiger partial charge in [-0.25, -0.2) is 0 Å². The Morgan fingerprint density at radius 2 is 2.06 bits per heavy atom. The highest BCUT2D eigenvalue weighted by molar-refractivity contribution is 5.87. The van der Waals surface area contributed by atoms with E-state index >= 15 is 0 Å². The van der Waals surface area contributed by atoms with E-state index < -0.39 is 0 Å². The summed E-state index contributed by atoms with van der Waals surface area (Å²) in [6.45, 7) is 0. The van der Waals surface area contributed by atoms with Crippen molar-refractivity contribution in [3.8, 4) is 0 Å². The third kappa shape index (κ3) is 1.20. The Balaban J connectivity index is 1.67. The van der Waals surface area contributed by atoms with Crippen LogP contribution in [0, 0.1) is 5.41 Å². The quantitative estimate of drug-likeness (QED) is 0.733. The molecule has 1 amide bonds. The summed E-state index contributed by atoms with van der Waals surface area (Å²) >= 11 is 0. The van der Waals surface area contributed by atoms with E-state index in [1.807, 2.05) is 0 Å². The second kappa shape index (κ2) is 3.20. The number of carbonyl (C=O) groups is 1. The molecule has 4 nitrogen and oxygen atoms in total. The highest BCUT2D eigenvalue weighted by atomic mass is 16.5. The molecule has 3 aliphatic rings. The summed E-state index contributed by atoms with van der Waals surface area (Å²) in [5.41, 5.74) is 5.39. The van der Waals surface area contributed by atoms with Gasteiger partial charge < -0.3 is 10.5 Å². The van der Waals surface area contributed by atoms with E-state index in [2.05, 4.69) is 5.32 Å². The minimum Gasteiger partial charge on any atom is -0.381 e. The molecule has 3 saturated carbocycles. The molecule has 4 heteroatoms. The molecule has 0 heterocycles. The van der Waals surface area contributed by atoms with E-state index in [0.717, 1.165) is 19.3 Å². The molecule has 1 spiro atoms. The summed E-state index contributed by atoms with van der Waals surface area (Å²) in [5, 5.41) is 3.51. The SMILES string of the molecule is COC1CC(NC2(C(N)=O)CC2)C12CCC2. The molecule has 2 atom stereocenters. The maximum atomic E-state index is 11.4. The zero-order valence-corrected chi connectivity index (χ0v) is 9.79. The lowest BCUT2D eigenvalue weighted by Gasteiger charge is -2.61. The van der Waals surface area contributed by atoms with Crippen LogP contribution in [-0.4, -0.2) is 30.7 Å². The van der Waals surface area contributed by atoms with Gasteiger partial charge in [-0.15, -0.1) is 0 Å². The molecular formula is C12H20N2O2. The number of methoxy groups -OCH3 is 1. The molecular weight excluding hydrogens is 204 g/mol. The smallest absolute Gasteiger partial charge is 0.237 e. The summed E-state index contributed by atoms with van der Waals surface area (Å²) in [6.07, 6.45) is 7.00. The first-order chi connectivity index (χ1) is 7.63. The summed E-state index contributed by atoms with van der Waals surface area (Å²) < 4.78 is 5.51. The second-order valence-corrected chi connectivity index (χ2v) is 5.69. The van der Waals surface area contributed by atoms with Crippen molar-refractivity contribution in [2.45, 2.75) is 56.2 Å². The average molecular weight is 224 g/mol. The van der Waals surface area contributed by atoms with Crippen molar-refractivity contribution in [3.05, 3.63) is 0 Å². The summed E-state index contributed by atoms with van der Waals surface area (Å²) in [7, 11) is 1.79. The van der Waals surface area contributed by atoms with Gasteiger partial charge in [0.1, 0.15) is 0 Å². The topological polar surface area (TPSA) is 64.3 Å². The van der Waals surface area contributed by atoms with Gasteiger partial charge in [0.2, 0.25) is 5.91 Å². The van der Waals surface area contributed by atoms with Gasteiger partial charge in [0.05, 0.1) is 11.6 Å². The molecule has 0 aromatic rings. The average Bonchev–Trinajstić information content (AvgIpc) is 2.89. The van der Waals surface area contributed by atoms with E-state index in [4.69, 9.17) is 10.5 Å². The van der Waals surface area contributed by atoms with Crippen molar-refractivity contribution in [2.24, 2.45) is 11.1 Å². The fourth-order valence-electron chi connectivity index (χ4n) is 3.46. The van der Waals surface area contributed by atoms with Gasteiger partial charge in [0.15, 0.2) is 0 Å². The van der Waals surface area contributed by atoms with Gasteiger partial charge in [0.25, 0.3) is 0 Å². The number of hydrogen-bond donors (Lipinski definition) is 2. The number of rotatable bonds is 4. The molecule has 90 valence electrons. The number of nitrogens with one attached hydrogen (secondary N) is 1. The fraction of sp³-hybridized carbons (Fsp3) is 0.917. The molecule has 0 aromatic heterocycles. The van der Waals surface area contributed by atoms with E-state index in [1.165, 1.54) is 19.3 Å². The van der Waals surface area contributed by atoms with Crippen molar-refractivity contribution in [3.63, 3.8) is 0 Å². The predicted octanol–water partition coefficient (Wildman–Crippen LogP) is 0.551. The van der Waals surface area contributed by atoms with Gasteiger partial charge in [-0.05, 0) is 32.1 Å². The lowest BCUT2D eigenvalue weighted by atomic mass is 9.51. The van der Waals surface area contributed by atoms with Gasteiger partial charge in [-0.1, -0.05) is 6.42 Å². The molecule has 0 bridgehead atoms. The Kier molecular flexibility index (Phi) is 2.11. The lowest BCUT2D eigenvalue weighted by molar-refractivity contribution is -0.166. The summed E-state index contributed by atoms with van der Waals surface area (Å²) in [4.78, 5) is 11.4. The molecule has 2 unspecified atom stereocenters. The number of hydrogen-bond acceptors (Lipinski definition) is 3. The summed E-state index contributed by atoms with van der Waals surface area (Å²) in [5.74, 6) is -0.178. The number of amides is 1. The van der Waals surface area contributed by atoms with Crippen LogP contribution in [0.5, 0.6) is 0 Å². The zero-order chi connectivity index (χ0) is 11.4. The normalized spacial score (nSPS) is 37.6. The van der Waals surface area contributed by atoms with Crippen LogP contribution < -0.4 is 11.1 Å². The third-order valence-electron chi connectivity index (χ3n) is 5.03. The van der Waals surface area contributed by atoms with Crippen LogP contribution in [0.4, 0.5) is 0 Å². The Bertz CT molecular complexity index is 321. The monoisotopic (exact) mass is 224 g/mol. The van der Waals surface area contributed by atoms with Crippen LogP contribution in [0.1, 0.15) is 38.5 Å². The largest absolute Gasteiger partial charge is 0.381 e. The molecule has 0 aliphatic heterocycles. The van der Waals surface area contributed by atoms with Crippen molar-refractivity contribution < 1.29 is 9.53 Å². The van der Waals surface area contributed by atoms with Crippen molar-refractivity contribution >= 4 is 5.91 Å². The lowest BCUT2D eigenvalue weighted by Crippen LogP contribution is -2.69. The van der Waals surface area contributed by atoms with E-state index in [9.17, 15) is 4.79 Å². The molecule has 3 rings (SSSR count). The Morgan fingerprint density at radius 1 is 1.38 bits per heavy atom. The molecule has 3 aliphatic carbocycles. The summed E-state index contributed by atoms with van der Waals surface area (Å²) in [6, 6.07) is 0.446. The highest BCUT2D eigenvalue weighted by Gasteiger charge is 2.62. The van der Waals surface area contributed by atoms with Crippen LogP contribution in [-0.2, 0) is 9.53 Å².